The Balaban J connectivity index is 2.27. The highest BCUT2D eigenvalue weighted by atomic mass is 16.3. The standard InChI is InChI=1S/C18H20O2/c1-11(2)10-12-6-5-9-15-16(12)18(20)14-8-4-3-7-13(14)17(15)19/h3-8,11-12,19-20H,9-10H2,1-2H3. The topological polar surface area (TPSA) is 40.5 Å². The molecular weight excluding hydrogens is 248 g/mol. The van der Waals surface area contributed by atoms with Crippen LogP contribution in [0, 0.1) is 5.92 Å². The van der Waals surface area contributed by atoms with Crippen LogP contribution in [-0.4, -0.2) is 10.2 Å². The third-order valence-corrected chi connectivity index (χ3v) is 4.09. The third-order valence-electron chi connectivity index (χ3n) is 4.09. The van der Waals surface area contributed by atoms with E-state index in [0.717, 1.165) is 28.3 Å². The second-order valence-corrected chi connectivity index (χ2v) is 6.00. The van der Waals surface area contributed by atoms with Gasteiger partial charge in [0, 0.05) is 27.8 Å². The van der Waals surface area contributed by atoms with Gasteiger partial charge in [-0.2, -0.15) is 0 Å². The molecule has 1 unspecified atom stereocenters. The third kappa shape index (κ3) is 1.96. The number of aromatic hydroxyl groups is 2. The van der Waals surface area contributed by atoms with Crippen LogP contribution in [0.15, 0.2) is 36.4 Å². The first-order chi connectivity index (χ1) is 9.59. The molecule has 0 saturated carbocycles. The van der Waals surface area contributed by atoms with Gasteiger partial charge in [-0.3, -0.25) is 0 Å². The second-order valence-electron chi connectivity index (χ2n) is 6.00. The van der Waals surface area contributed by atoms with Crippen molar-refractivity contribution in [2.45, 2.75) is 32.6 Å². The van der Waals surface area contributed by atoms with Gasteiger partial charge in [0.15, 0.2) is 0 Å². The van der Waals surface area contributed by atoms with Crippen molar-refractivity contribution in [2.75, 3.05) is 0 Å². The fraction of sp³-hybridized carbons (Fsp3) is 0.333. The molecule has 0 amide bonds. The summed E-state index contributed by atoms with van der Waals surface area (Å²) in [6.45, 7) is 4.36. The van der Waals surface area contributed by atoms with E-state index in [9.17, 15) is 10.2 Å². The van der Waals surface area contributed by atoms with Crippen LogP contribution in [0.5, 0.6) is 11.5 Å². The maximum absolute atomic E-state index is 10.7. The quantitative estimate of drug-likeness (QED) is 0.622. The Morgan fingerprint density at radius 1 is 1.10 bits per heavy atom. The Morgan fingerprint density at radius 3 is 2.40 bits per heavy atom. The Kier molecular flexibility index (Phi) is 3.17. The molecule has 0 spiro atoms. The van der Waals surface area contributed by atoms with Gasteiger partial charge >= 0.3 is 0 Å². The van der Waals surface area contributed by atoms with Crippen molar-refractivity contribution in [1.29, 1.82) is 0 Å². The Hall–Kier alpha value is -1.96. The number of benzene rings is 2. The first-order valence-electron chi connectivity index (χ1n) is 7.21. The van der Waals surface area contributed by atoms with Crippen molar-refractivity contribution in [3.05, 3.63) is 47.5 Å². The largest absolute Gasteiger partial charge is 0.507 e. The molecule has 3 rings (SSSR count). The molecule has 0 fully saturated rings. The van der Waals surface area contributed by atoms with Crippen molar-refractivity contribution in [2.24, 2.45) is 5.92 Å². The van der Waals surface area contributed by atoms with Gasteiger partial charge in [-0.1, -0.05) is 50.3 Å². The summed E-state index contributed by atoms with van der Waals surface area (Å²) in [7, 11) is 0. The van der Waals surface area contributed by atoms with Crippen molar-refractivity contribution in [3.8, 4) is 11.5 Å². The number of phenolic OH excluding ortho intramolecular Hbond substituents is 2. The fourth-order valence-electron chi connectivity index (χ4n) is 3.23. The molecule has 0 heterocycles. The monoisotopic (exact) mass is 268 g/mol. The van der Waals surface area contributed by atoms with Crippen molar-refractivity contribution in [3.63, 3.8) is 0 Å². The summed E-state index contributed by atoms with van der Waals surface area (Å²) in [5.74, 6) is 1.40. The van der Waals surface area contributed by atoms with Gasteiger partial charge in [0.25, 0.3) is 0 Å². The van der Waals surface area contributed by atoms with Crippen LogP contribution in [0.3, 0.4) is 0 Å². The fourth-order valence-corrected chi connectivity index (χ4v) is 3.23. The van der Waals surface area contributed by atoms with E-state index >= 15 is 0 Å². The minimum atomic E-state index is 0.189. The highest BCUT2D eigenvalue weighted by Crippen LogP contribution is 2.46. The van der Waals surface area contributed by atoms with E-state index in [4.69, 9.17) is 0 Å². The number of rotatable bonds is 2. The lowest BCUT2D eigenvalue weighted by molar-refractivity contribution is 0.446. The summed E-state index contributed by atoms with van der Waals surface area (Å²) in [4.78, 5) is 0. The number of hydrogen-bond donors (Lipinski definition) is 2. The highest BCUT2D eigenvalue weighted by molar-refractivity contribution is 5.96. The molecule has 0 saturated heterocycles. The lowest BCUT2D eigenvalue weighted by atomic mass is 9.80. The number of phenols is 2. The normalized spacial score (nSPS) is 17.6. The number of fused-ring (bicyclic) bond motifs is 2. The molecule has 1 aliphatic rings. The molecule has 2 heteroatoms. The lowest BCUT2D eigenvalue weighted by Crippen LogP contribution is -2.08. The molecule has 0 radical (unpaired) electrons. The van der Waals surface area contributed by atoms with Gasteiger partial charge in [-0.15, -0.1) is 0 Å². The lowest BCUT2D eigenvalue weighted by Gasteiger charge is -2.25. The molecule has 2 aromatic rings. The first-order valence-corrected chi connectivity index (χ1v) is 7.21. The molecular formula is C18H20O2. The molecule has 2 N–H and O–H groups in total. The molecule has 1 atom stereocenters. The molecule has 0 aliphatic heterocycles. The second kappa shape index (κ2) is 4.86. The minimum Gasteiger partial charge on any atom is -0.507 e. The zero-order valence-corrected chi connectivity index (χ0v) is 11.9. The first kappa shape index (κ1) is 13.0. The molecule has 104 valence electrons. The molecule has 20 heavy (non-hydrogen) atoms. The smallest absolute Gasteiger partial charge is 0.127 e. The van der Waals surface area contributed by atoms with Crippen LogP contribution in [0.1, 0.15) is 37.3 Å². The molecule has 2 aromatic carbocycles. The van der Waals surface area contributed by atoms with Crippen molar-refractivity contribution >= 4 is 10.8 Å². The van der Waals surface area contributed by atoms with Gasteiger partial charge < -0.3 is 10.2 Å². The summed E-state index contributed by atoms with van der Waals surface area (Å²) in [5.41, 5.74) is 1.80. The summed E-state index contributed by atoms with van der Waals surface area (Å²) in [6.07, 6.45) is 5.93. The Bertz CT molecular complexity index is 683. The predicted molar refractivity (Wildman–Crippen MR) is 82.3 cm³/mol. The van der Waals surface area contributed by atoms with Crippen LogP contribution in [0.4, 0.5) is 0 Å². The van der Waals surface area contributed by atoms with E-state index in [1.165, 1.54) is 0 Å². The van der Waals surface area contributed by atoms with E-state index in [1.807, 2.05) is 24.3 Å². The zero-order chi connectivity index (χ0) is 14.3. The number of allylic oxidation sites excluding steroid dienone is 2. The van der Waals surface area contributed by atoms with Gasteiger partial charge in [0.05, 0.1) is 0 Å². The maximum atomic E-state index is 10.7. The van der Waals surface area contributed by atoms with Crippen LogP contribution in [-0.2, 0) is 6.42 Å². The molecule has 1 aliphatic carbocycles. The average molecular weight is 268 g/mol. The van der Waals surface area contributed by atoms with E-state index in [-0.39, 0.29) is 5.92 Å². The molecule has 0 bridgehead atoms. The van der Waals surface area contributed by atoms with E-state index in [2.05, 4.69) is 26.0 Å². The summed E-state index contributed by atoms with van der Waals surface area (Å²) < 4.78 is 0. The van der Waals surface area contributed by atoms with Crippen molar-refractivity contribution < 1.29 is 10.2 Å². The van der Waals surface area contributed by atoms with Gasteiger partial charge in [-0.05, 0) is 18.8 Å². The predicted octanol–water partition coefficient (Wildman–Crippen LogP) is 4.49. The van der Waals surface area contributed by atoms with E-state index in [1.54, 1.807) is 0 Å². The van der Waals surface area contributed by atoms with Crippen LogP contribution in [0.25, 0.3) is 10.8 Å². The van der Waals surface area contributed by atoms with Gasteiger partial charge in [-0.25, -0.2) is 0 Å². The van der Waals surface area contributed by atoms with Gasteiger partial charge in [0.1, 0.15) is 11.5 Å². The van der Waals surface area contributed by atoms with Crippen molar-refractivity contribution in [1.82, 2.24) is 0 Å². The molecule has 2 nitrogen and oxygen atoms in total. The Labute approximate surface area is 119 Å². The Morgan fingerprint density at radius 2 is 1.75 bits per heavy atom. The van der Waals surface area contributed by atoms with E-state index < -0.39 is 0 Å². The highest BCUT2D eigenvalue weighted by Gasteiger charge is 2.25. The van der Waals surface area contributed by atoms with Crippen LogP contribution < -0.4 is 0 Å². The average Bonchev–Trinajstić information content (AvgIpc) is 2.44. The molecule has 0 aromatic heterocycles. The maximum Gasteiger partial charge on any atom is 0.127 e. The van der Waals surface area contributed by atoms with Crippen LogP contribution >= 0.6 is 0 Å². The number of hydrogen-bond acceptors (Lipinski definition) is 2. The SMILES string of the molecule is CC(C)CC1C=CCc2c1c(O)c1ccccc1c2O. The summed E-state index contributed by atoms with van der Waals surface area (Å²) in [6, 6.07) is 7.51. The van der Waals surface area contributed by atoms with Crippen LogP contribution in [0.2, 0.25) is 0 Å². The van der Waals surface area contributed by atoms with E-state index in [0.29, 0.717) is 23.8 Å². The minimum absolute atomic E-state index is 0.189. The zero-order valence-electron chi connectivity index (χ0n) is 11.9. The summed E-state index contributed by atoms with van der Waals surface area (Å²) in [5, 5.41) is 22.7. The summed E-state index contributed by atoms with van der Waals surface area (Å²) >= 11 is 0. The van der Waals surface area contributed by atoms with Gasteiger partial charge in [0.2, 0.25) is 0 Å².